The summed E-state index contributed by atoms with van der Waals surface area (Å²) in [6.45, 7) is 6.37. The smallest absolute Gasteiger partial charge is 0.148 e. The van der Waals surface area contributed by atoms with Crippen LogP contribution in [-0.2, 0) is 0 Å². The third kappa shape index (κ3) is 3.25. The highest BCUT2D eigenvalue weighted by molar-refractivity contribution is 5.56. The van der Waals surface area contributed by atoms with Crippen molar-refractivity contribution in [1.82, 2.24) is 0 Å². The molecular formula is C17H27FN2. The molecule has 20 heavy (non-hydrogen) atoms. The summed E-state index contributed by atoms with van der Waals surface area (Å²) in [6.07, 6.45) is 4.99. The molecule has 1 N–H and O–H groups in total. The van der Waals surface area contributed by atoms with Crippen molar-refractivity contribution in [1.29, 1.82) is 0 Å². The van der Waals surface area contributed by atoms with Gasteiger partial charge in [-0.3, -0.25) is 0 Å². The molecule has 2 unspecified atom stereocenters. The monoisotopic (exact) mass is 278 g/mol. The number of nitrogens with zero attached hydrogens (tertiary/aromatic N) is 1. The van der Waals surface area contributed by atoms with Gasteiger partial charge in [-0.15, -0.1) is 0 Å². The SMILES string of the molecule is CCC1CCCC1Nc1ccc(N(C)C(C)C)c(F)c1. The van der Waals surface area contributed by atoms with Crippen molar-refractivity contribution in [3.63, 3.8) is 0 Å². The Balaban J connectivity index is 2.09. The molecule has 0 saturated heterocycles. The summed E-state index contributed by atoms with van der Waals surface area (Å²) in [6, 6.07) is 6.32. The molecule has 2 nitrogen and oxygen atoms in total. The minimum Gasteiger partial charge on any atom is -0.382 e. The Kier molecular flexibility index (Phi) is 4.90. The van der Waals surface area contributed by atoms with Crippen LogP contribution in [0.4, 0.5) is 15.8 Å². The molecule has 0 aliphatic heterocycles. The van der Waals surface area contributed by atoms with Crippen LogP contribution >= 0.6 is 0 Å². The molecular weight excluding hydrogens is 251 g/mol. The first-order valence-electron chi connectivity index (χ1n) is 7.81. The van der Waals surface area contributed by atoms with Gasteiger partial charge in [0.05, 0.1) is 5.69 Å². The lowest BCUT2D eigenvalue weighted by molar-refractivity contribution is 0.489. The predicted octanol–water partition coefficient (Wildman–Crippen LogP) is 4.66. The Labute approximate surface area is 122 Å². The number of halogens is 1. The van der Waals surface area contributed by atoms with Crippen molar-refractivity contribution in [2.24, 2.45) is 5.92 Å². The second-order valence-electron chi connectivity index (χ2n) is 6.22. The van der Waals surface area contributed by atoms with Gasteiger partial charge in [0.25, 0.3) is 0 Å². The number of benzene rings is 1. The standard InChI is InChI=1S/C17H27FN2/c1-5-13-7-6-8-16(13)19-14-9-10-17(15(18)11-14)20(4)12(2)3/h9-13,16,19H,5-8H2,1-4H3. The van der Waals surface area contributed by atoms with Crippen LogP contribution in [0, 0.1) is 11.7 Å². The van der Waals surface area contributed by atoms with Gasteiger partial charge in [0.1, 0.15) is 5.82 Å². The van der Waals surface area contributed by atoms with Gasteiger partial charge >= 0.3 is 0 Å². The van der Waals surface area contributed by atoms with Crippen molar-refractivity contribution in [3.05, 3.63) is 24.0 Å². The van der Waals surface area contributed by atoms with Crippen LogP contribution in [0.1, 0.15) is 46.5 Å². The first-order chi connectivity index (χ1) is 9.52. The highest BCUT2D eigenvalue weighted by Crippen LogP contribution is 2.32. The van der Waals surface area contributed by atoms with E-state index in [0.717, 1.165) is 11.6 Å². The van der Waals surface area contributed by atoms with E-state index in [0.29, 0.717) is 17.8 Å². The molecule has 0 radical (unpaired) electrons. The average Bonchev–Trinajstić information content (AvgIpc) is 2.85. The fraction of sp³-hybridized carbons (Fsp3) is 0.647. The molecule has 0 bridgehead atoms. The average molecular weight is 278 g/mol. The minimum atomic E-state index is -0.141. The zero-order valence-electron chi connectivity index (χ0n) is 13.1. The van der Waals surface area contributed by atoms with Gasteiger partial charge in [-0.1, -0.05) is 19.8 Å². The Morgan fingerprint density at radius 1 is 1.35 bits per heavy atom. The number of hydrogen-bond donors (Lipinski definition) is 1. The number of anilines is 2. The van der Waals surface area contributed by atoms with Gasteiger partial charge in [0.2, 0.25) is 0 Å². The first-order valence-corrected chi connectivity index (χ1v) is 7.81. The van der Waals surface area contributed by atoms with E-state index in [1.165, 1.54) is 25.7 Å². The zero-order chi connectivity index (χ0) is 14.7. The van der Waals surface area contributed by atoms with E-state index in [9.17, 15) is 4.39 Å². The lowest BCUT2D eigenvalue weighted by Gasteiger charge is -2.25. The van der Waals surface area contributed by atoms with Crippen LogP contribution in [0.2, 0.25) is 0 Å². The van der Waals surface area contributed by atoms with Crippen LogP contribution in [0.15, 0.2) is 18.2 Å². The van der Waals surface area contributed by atoms with Gasteiger partial charge in [-0.05, 0) is 50.8 Å². The van der Waals surface area contributed by atoms with E-state index in [1.807, 2.05) is 24.1 Å². The molecule has 1 saturated carbocycles. The summed E-state index contributed by atoms with van der Waals surface area (Å²) in [5, 5.41) is 3.52. The summed E-state index contributed by atoms with van der Waals surface area (Å²) in [5.41, 5.74) is 1.58. The van der Waals surface area contributed by atoms with Crippen molar-refractivity contribution < 1.29 is 4.39 Å². The topological polar surface area (TPSA) is 15.3 Å². The van der Waals surface area contributed by atoms with Crippen molar-refractivity contribution in [2.75, 3.05) is 17.3 Å². The highest BCUT2D eigenvalue weighted by atomic mass is 19.1. The Hall–Kier alpha value is -1.25. The van der Waals surface area contributed by atoms with Gasteiger partial charge < -0.3 is 10.2 Å². The molecule has 0 spiro atoms. The predicted molar refractivity (Wildman–Crippen MR) is 85.0 cm³/mol. The quantitative estimate of drug-likeness (QED) is 0.842. The highest BCUT2D eigenvalue weighted by Gasteiger charge is 2.25. The first kappa shape index (κ1) is 15.1. The van der Waals surface area contributed by atoms with Crippen LogP contribution < -0.4 is 10.2 Å². The summed E-state index contributed by atoms with van der Waals surface area (Å²) >= 11 is 0. The van der Waals surface area contributed by atoms with Gasteiger partial charge in [0, 0.05) is 24.8 Å². The van der Waals surface area contributed by atoms with Crippen LogP contribution in [0.25, 0.3) is 0 Å². The van der Waals surface area contributed by atoms with Crippen LogP contribution in [-0.4, -0.2) is 19.1 Å². The molecule has 0 heterocycles. The third-order valence-electron chi connectivity index (χ3n) is 4.64. The molecule has 2 rings (SSSR count). The maximum atomic E-state index is 14.2. The summed E-state index contributed by atoms with van der Waals surface area (Å²) < 4.78 is 14.2. The van der Waals surface area contributed by atoms with Crippen LogP contribution in [0.5, 0.6) is 0 Å². The molecule has 1 aromatic rings. The van der Waals surface area contributed by atoms with Crippen molar-refractivity contribution in [2.45, 2.75) is 58.5 Å². The molecule has 3 heteroatoms. The van der Waals surface area contributed by atoms with Crippen molar-refractivity contribution >= 4 is 11.4 Å². The molecule has 112 valence electrons. The number of nitrogens with one attached hydrogen (secondary N) is 1. The van der Waals surface area contributed by atoms with Gasteiger partial charge in [-0.25, -0.2) is 4.39 Å². The summed E-state index contributed by atoms with van der Waals surface area (Å²) in [4.78, 5) is 1.96. The summed E-state index contributed by atoms with van der Waals surface area (Å²) in [7, 11) is 1.93. The Morgan fingerprint density at radius 2 is 2.10 bits per heavy atom. The largest absolute Gasteiger partial charge is 0.382 e. The lowest BCUT2D eigenvalue weighted by atomic mass is 10.0. The fourth-order valence-corrected chi connectivity index (χ4v) is 3.09. The second kappa shape index (κ2) is 6.47. The van der Waals surface area contributed by atoms with E-state index in [-0.39, 0.29) is 5.82 Å². The summed E-state index contributed by atoms with van der Waals surface area (Å²) in [5.74, 6) is 0.591. The number of hydrogen-bond acceptors (Lipinski definition) is 2. The van der Waals surface area contributed by atoms with Gasteiger partial charge in [0.15, 0.2) is 0 Å². The zero-order valence-corrected chi connectivity index (χ0v) is 13.1. The molecule has 1 fully saturated rings. The third-order valence-corrected chi connectivity index (χ3v) is 4.64. The van der Waals surface area contributed by atoms with E-state index < -0.39 is 0 Å². The fourth-order valence-electron chi connectivity index (χ4n) is 3.09. The maximum absolute atomic E-state index is 14.2. The van der Waals surface area contributed by atoms with Crippen molar-refractivity contribution in [3.8, 4) is 0 Å². The van der Waals surface area contributed by atoms with E-state index in [1.54, 1.807) is 6.07 Å². The lowest BCUT2D eigenvalue weighted by Crippen LogP contribution is -2.27. The van der Waals surface area contributed by atoms with Crippen LogP contribution in [0.3, 0.4) is 0 Å². The molecule has 2 atom stereocenters. The molecule has 1 aliphatic carbocycles. The van der Waals surface area contributed by atoms with E-state index in [2.05, 4.69) is 26.1 Å². The molecule has 0 amide bonds. The Morgan fingerprint density at radius 3 is 2.70 bits per heavy atom. The normalized spacial score (nSPS) is 22.3. The molecule has 1 aromatic carbocycles. The second-order valence-corrected chi connectivity index (χ2v) is 6.22. The minimum absolute atomic E-state index is 0.141. The molecule has 0 aromatic heterocycles. The maximum Gasteiger partial charge on any atom is 0.148 e. The Bertz CT molecular complexity index is 445. The van der Waals surface area contributed by atoms with Gasteiger partial charge in [-0.2, -0.15) is 0 Å². The van der Waals surface area contributed by atoms with E-state index in [4.69, 9.17) is 0 Å². The molecule has 1 aliphatic rings. The number of rotatable bonds is 5. The van der Waals surface area contributed by atoms with E-state index >= 15 is 0 Å².